The number of benzene rings is 2. The molecule has 1 aliphatic rings. The second-order valence-electron chi connectivity index (χ2n) is 6.39. The van der Waals surface area contributed by atoms with Crippen LogP contribution in [0.4, 0.5) is 0 Å². The van der Waals surface area contributed by atoms with E-state index >= 15 is 0 Å². The molecule has 0 saturated carbocycles. The highest BCUT2D eigenvalue weighted by molar-refractivity contribution is 7.90. The molecule has 6 heteroatoms. The Bertz CT molecular complexity index is 996. The van der Waals surface area contributed by atoms with Gasteiger partial charge in [0.25, 0.3) is 10.0 Å². The Morgan fingerprint density at radius 1 is 1.04 bits per heavy atom. The van der Waals surface area contributed by atoms with Gasteiger partial charge >= 0.3 is 0 Å². The van der Waals surface area contributed by atoms with Crippen LogP contribution in [-0.4, -0.2) is 30.1 Å². The molecular weight excluding hydrogens is 336 g/mol. The van der Waals surface area contributed by atoms with Gasteiger partial charge in [-0.05, 0) is 37.1 Å². The molecule has 5 nitrogen and oxygen atoms in total. The third kappa shape index (κ3) is 2.76. The second kappa shape index (κ2) is 6.29. The number of aliphatic hydroxyl groups excluding tert-OH is 1. The number of nitrogens with one attached hydrogen (secondary N) is 1. The molecule has 0 radical (unpaired) electrons. The number of nitrogens with zero attached hydrogens (tertiary/aromatic N) is 1. The molecule has 1 aromatic heterocycles. The van der Waals surface area contributed by atoms with Crippen molar-refractivity contribution < 1.29 is 13.5 Å². The Hall–Kier alpha value is -2.15. The van der Waals surface area contributed by atoms with Gasteiger partial charge in [-0.3, -0.25) is 0 Å². The van der Waals surface area contributed by atoms with E-state index < -0.39 is 10.0 Å². The van der Waals surface area contributed by atoms with Gasteiger partial charge in [0.05, 0.1) is 22.7 Å². The zero-order valence-electron chi connectivity index (χ0n) is 13.7. The number of hydrogen-bond donors (Lipinski definition) is 2. The van der Waals surface area contributed by atoms with E-state index in [1.54, 1.807) is 30.3 Å². The Morgan fingerprint density at radius 2 is 1.76 bits per heavy atom. The highest BCUT2D eigenvalue weighted by atomic mass is 32.2. The molecule has 0 unspecified atom stereocenters. The highest BCUT2D eigenvalue weighted by Crippen LogP contribution is 2.33. The van der Waals surface area contributed by atoms with Crippen LogP contribution in [0.3, 0.4) is 0 Å². The molecule has 3 aromatic rings. The lowest BCUT2D eigenvalue weighted by molar-refractivity contribution is 0.251. The van der Waals surface area contributed by atoms with Crippen molar-refractivity contribution in [3.05, 3.63) is 66.4 Å². The fraction of sp³-hybridized carbons (Fsp3) is 0.263. The van der Waals surface area contributed by atoms with Crippen molar-refractivity contribution in [2.24, 2.45) is 0 Å². The van der Waals surface area contributed by atoms with E-state index in [0.717, 1.165) is 23.9 Å². The van der Waals surface area contributed by atoms with Crippen LogP contribution in [0.25, 0.3) is 10.9 Å². The Labute approximate surface area is 147 Å². The Kier molecular flexibility index (Phi) is 4.11. The molecular formula is C19H20N2O3S. The monoisotopic (exact) mass is 356 g/mol. The summed E-state index contributed by atoms with van der Waals surface area (Å²) in [6.45, 7) is 0.0577. The summed E-state index contributed by atoms with van der Waals surface area (Å²) in [5.74, 6) is 0. The zero-order valence-corrected chi connectivity index (χ0v) is 14.5. The third-order valence-electron chi connectivity index (χ3n) is 4.79. The molecule has 25 heavy (non-hydrogen) atoms. The molecule has 0 spiro atoms. The lowest BCUT2D eigenvalue weighted by Crippen LogP contribution is -2.29. The van der Waals surface area contributed by atoms with Gasteiger partial charge in [0.15, 0.2) is 0 Å². The average molecular weight is 356 g/mol. The van der Waals surface area contributed by atoms with Crippen LogP contribution in [0, 0.1) is 0 Å². The van der Waals surface area contributed by atoms with E-state index in [0.29, 0.717) is 5.52 Å². The van der Waals surface area contributed by atoms with E-state index in [9.17, 15) is 13.5 Å². The summed E-state index contributed by atoms with van der Waals surface area (Å²) in [7, 11) is -3.70. The van der Waals surface area contributed by atoms with Crippen LogP contribution in [0.15, 0.2) is 65.6 Å². The smallest absolute Gasteiger partial charge is 0.268 e. The summed E-state index contributed by atoms with van der Waals surface area (Å²) >= 11 is 0. The van der Waals surface area contributed by atoms with Crippen LogP contribution < -0.4 is 5.32 Å². The fourth-order valence-corrected chi connectivity index (χ4v) is 5.15. The van der Waals surface area contributed by atoms with Crippen molar-refractivity contribution >= 4 is 20.9 Å². The minimum absolute atomic E-state index is 0.0101. The lowest BCUT2D eigenvalue weighted by Gasteiger charge is -2.17. The predicted octanol–water partition coefficient (Wildman–Crippen LogP) is 2.66. The summed E-state index contributed by atoms with van der Waals surface area (Å²) < 4.78 is 28.1. The first-order valence-corrected chi connectivity index (χ1v) is 9.83. The number of aromatic nitrogens is 1. The molecule has 0 amide bonds. The van der Waals surface area contributed by atoms with Crippen molar-refractivity contribution in [2.45, 2.75) is 29.8 Å². The normalized spacial score (nSPS) is 21.0. The first-order chi connectivity index (χ1) is 12.1. The number of hydrogen-bond acceptors (Lipinski definition) is 4. The summed E-state index contributed by atoms with van der Waals surface area (Å²) in [4.78, 5) is 0.273. The summed E-state index contributed by atoms with van der Waals surface area (Å²) in [5, 5.41) is 13.6. The molecule has 1 aliphatic heterocycles. The van der Waals surface area contributed by atoms with Crippen LogP contribution in [0.1, 0.15) is 24.6 Å². The van der Waals surface area contributed by atoms with E-state index in [1.807, 2.05) is 30.3 Å². The summed E-state index contributed by atoms with van der Waals surface area (Å²) in [6.07, 6.45) is 1.62. The predicted molar refractivity (Wildman–Crippen MR) is 96.9 cm³/mol. The molecule has 130 valence electrons. The van der Waals surface area contributed by atoms with Gasteiger partial charge in [-0.15, -0.1) is 0 Å². The maximum atomic E-state index is 13.3. The first kappa shape index (κ1) is 16.3. The molecule has 2 heterocycles. The van der Waals surface area contributed by atoms with Gasteiger partial charge in [-0.2, -0.15) is 0 Å². The number of aliphatic hydroxyl groups is 1. The van der Waals surface area contributed by atoms with E-state index in [1.165, 1.54) is 3.97 Å². The highest BCUT2D eigenvalue weighted by Gasteiger charge is 2.31. The summed E-state index contributed by atoms with van der Waals surface area (Å²) in [6, 6.07) is 17.9. The number of para-hydroxylation sites is 1. The van der Waals surface area contributed by atoms with Gasteiger partial charge in [-0.1, -0.05) is 36.4 Å². The molecule has 0 bridgehead atoms. The largest absolute Gasteiger partial charge is 0.395 e. The van der Waals surface area contributed by atoms with Gasteiger partial charge in [0.2, 0.25) is 0 Å². The topological polar surface area (TPSA) is 71.3 Å². The van der Waals surface area contributed by atoms with Crippen LogP contribution in [-0.2, 0) is 10.0 Å². The lowest BCUT2D eigenvalue weighted by atomic mass is 10.1. The van der Waals surface area contributed by atoms with Crippen LogP contribution in [0.2, 0.25) is 0 Å². The van der Waals surface area contributed by atoms with Crippen molar-refractivity contribution in [1.82, 2.24) is 9.29 Å². The fourth-order valence-electron chi connectivity index (χ4n) is 3.56. The first-order valence-electron chi connectivity index (χ1n) is 8.39. The summed E-state index contributed by atoms with van der Waals surface area (Å²) in [5.41, 5.74) is 1.40. The molecule has 4 rings (SSSR count). The maximum absolute atomic E-state index is 13.3. The minimum atomic E-state index is -3.70. The van der Waals surface area contributed by atoms with Crippen molar-refractivity contribution in [3.63, 3.8) is 0 Å². The SMILES string of the molecule is O=S(=O)(c1ccccc1)n1c([C@H]2CC[C@@H](CO)N2)cc2ccccc21. The average Bonchev–Trinajstić information content (AvgIpc) is 3.26. The Morgan fingerprint density at radius 3 is 2.48 bits per heavy atom. The van der Waals surface area contributed by atoms with Gasteiger partial charge < -0.3 is 10.4 Å². The van der Waals surface area contributed by atoms with Gasteiger partial charge in [0.1, 0.15) is 0 Å². The van der Waals surface area contributed by atoms with Crippen LogP contribution in [0.5, 0.6) is 0 Å². The second-order valence-corrected chi connectivity index (χ2v) is 8.17. The van der Waals surface area contributed by atoms with Crippen molar-refractivity contribution in [1.29, 1.82) is 0 Å². The number of rotatable bonds is 4. The molecule has 1 saturated heterocycles. The van der Waals surface area contributed by atoms with Crippen LogP contribution >= 0.6 is 0 Å². The third-order valence-corrected chi connectivity index (χ3v) is 6.55. The van der Waals surface area contributed by atoms with Gasteiger partial charge in [0, 0.05) is 17.5 Å². The Balaban J connectivity index is 1.92. The zero-order chi connectivity index (χ0) is 17.4. The molecule has 2 atom stereocenters. The van der Waals surface area contributed by atoms with Crippen molar-refractivity contribution in [3.8, 4) is 0 Å². The molecule has 2 aromatic carbocycles. The maximum Gasteiger partial charge on any atom is 0.268 e. The number of fused-ring (bicyclic) bond motifs is 1. The molecule has 2 N–H and O–H groups in total. The van der Waals surface area contributed by atoms with Crippen molar-refractivity contribution in [2.75, 3.05) is 6.61 Å². The molecule has 1 fully saturated rings. The van der Waals surface area contributed by atoms with Gasteiger partial charge in [-0.25, -0.2) is 12.4 Å². The van der Waals surface area contributed by atoms with E-state index in [-0.39, 0.29) is 23.6 Å². The van der Waals surface area contributed by atoms with E-state index in [2.05, 4.69) is 5.32 Å². The standard InChI is InChI=1S/C19H20N2O3S/c22-13-15-10-11-17(20-15)19-12-14-6-4-5-9-18(14)21(19)25(23,24)16-7-2-1-3-8-16/h1-9,12,15,17,20,22H,10-11,13H2/t15-,17+/m0/s1. The quantitative estimate of drug-likeness (QED) is 0.754. The minimum Gasteiger partial charge on any atom is -0.395 e. The molecule has 0 aliphatic carbocycles. The van der Waals surface area contributed by atoms with E-state index in [4.69, 9.17) is 0 Å².